The normalized spacial score (nSPS) is 20.8. The van der Waals surface area contributed by atoms with Gasteiger partial charge in [-0.15, -0.1) is 0 Å². The molecule has 1 aliphatic heterocycles. The summed E-state index contributed by atoms with van der Waals surface area (Å²) >= 11 is 1.85. The van der Waals surface area contributed by atoms with Crippen LogP contribution in [0.5, 0.6) is 0 Å². The number of amidine groups is 1. The minimum Gasteiger partial charge on any atom is -0.358 e. The molecule has 2 nitrogen and oxygen atoms in total. The molecule has 1 aromatic rings. The average Bonchev–Trinajstić information content (AvgIpc) is 3.04. The van der Waals surface area contributed by atoms with Crippen molar-refractivity contribution in [3.05, 3.63) is 34.9 Å². The molecule has 1 unspecified atom stereocenters. The Morgan fingerprint density at radius 3 is 2.89 bits per heavy atom. The molecule has 0 fully saturated rings. The third-order valence-electron chi connectivity index (χ3n) is 3.39. The van der Waals surface area contributed by atoms with Crippen LogP contribution in [-0.4, -0.2) is 17.5 Å². The van der Waals surface area contributed by atoms with Crippen LogP contribution in [0.1, 0.15) is 43.0 Å². The molecule has 0 bridgehead atoms. The Kier molecular flexibility index (Phi) is 4.70. The molecule has 0 saturated heterocycles. The minimum atomic E-state index is 0.485. The van der Waals surface area contributed by atoms with Crippen molar-refractivity contribution in [3.63, 3.8) is 0 Å². The van der Waals surface area contributed by atoms with Crippen molar-refractivity contribution < 1.29 is 0 Å². The van der Waals surface area contributed by atoms with E-state index in [1.165, 1.54) is 24.0 Å². The number of aryl methyl sites for hydroxylation is 1. The van der Waals surface area contributed by atoms with E-state index < -0.39 is 0 Å². The third-order valence-corrected chi connectivity index (χ3v) is 4.30. The van der Waals surface area contributed by atoms with Gasteiger partial charge in [0.1, 0.15) is 0 Å². The van der Waals surface area contributed by atoms with Gasteiger partial charge in [-0.25, -0.2) is 0 Å². The van der Waals surface area contributed by atoms with Crippen LogP contribution in [-0.2, 0) is 6.42 Å². The maximum atomic E-state index is 4.46. The number of nitrogens with zero attached hydrogens (tertiary/aromatic N) is 1. The second kappa shape index (κ2) is 6.28. The van der Waals surface area contributed by atoms with Crippen LogP contribution >= 0.6 is 11.8 Å². The fourth-order valence-corrected chi connectivity index (χ4v) is 3.34. The van der Waals surface area contributed by atoms with E-state index in [9.17, 15) is 0 Å². The highest BCUT2D eigenvalue weighted by Gasteiger charge is 2.24. The molecule has 3 rings (SSSR count). The predicted octanol–water partition coefficient (Wildman–Crippen LogP) is 3.70. The zero-order valence-corrected chi connectivity index (χ0v) is 12.3. The standard InChI is InChI=1S/C13H16N2S.C2H6/c1-9-3-2-4-11-10(9)5-6-12(11)15-13-14-7-8-16-13;1-2/h2-4,12H,5-8H2,1H3,(H,14,15);1-2H3. The van der Waals surface area contributed by atoms with Gasteiger partial charge in [-0.1, -0.05) is 43.8 Å². The lowest BCUT2D eigenvalue weighted by Crippen LogP contribution is -2.23. The van der Waals surface area contributed by atoms with Gasteiger partial charge in [0, 0.05) is 5.75 Å². The molecule has 98 valence electrons. The Hall–Kier alpha value is -0.960. The average molecular weight is 262 g/mol. The highest BCUT2D eigenvalue weighted by atomic mass is 32.2. The van der Waals surface area contributed by atoms with Crippen LogP contribution in [0.25, 0.3) is 0 Å². The lowest BCUT2D eigenvalue weighted by molar-refractivity contribution is 0.644. The Bertz CT molecular complexity index is 440. The molecule has 1 aliphatic carbocycles. The number of rotatable bonds is 1. The topological polar surface area (TPSA) is 24.4 Å². The molecule has 0 aromatic heterocycles. The molecule has 18 heavy (non-hydrogen) atoms. The van der Waals surface area contributed by atoms with Gasteiger partial charge in [0.25, 0.3) is 0 Å². The smallest absolute Gasteiger partial charge is 0.157 e. The second-order valence-corrected chi connectivity index (χ2v) is 5.50. The van der Waals surface area contributed by atoms with Crippen molar-refractivity contribution in [2.24, 2.45) is 4.99 Å². The summed E-state index contributed by atoms with van der Waals surface area (Å²) in [6.07, 6.45) is 2.41. The maximum Gasteiger partial charge on any atom is 0.157 e. The van der Waals surface area contributed by atoms with Crippen molar-refractivity contribution in [2.45, 2.75) is 39.7 Å². The van der Waals surface area contributed by atoms with Gasteiger partial charge >= 0.3 is 0 Å². The molecule has 3 heteroatoms. The lowest BCUT2D eigenvalue weighted by atomic mass is 10.0. The summed E-state index contributed by atoms with van der Waals surface area (Å²) in [6.45, 7) is 7.18. The Morgan fingerprint density at radius 1 is 1.33 bits per heavy atom. The first-order chi connectivity index (χ1) is 8.84. The second-order valence-electron chi connectivity index (χ2n) is 4.41. The number of nitrogens with one attached hydrogen (secondary N) is 1. The monoisotopic (exact) mass is 262 g/mol. The van der Waals surface area contributed by atoms with E-state index in [0.717, 1.165) is 17.5 Å². The molecule has 1 N–H and O–H groups in total. The van der Waals surface area contributed by atoms with E-state index in [0.29, 0.717) is 6.04 Å². The zero-order valence-electron chi connectivity index (χ0n) is 11.5. The first-order valence-electron chi connectivity index (χ1n) is 6.87. The van der Waals surface area contributed by atoms with Crippen molar-refractivity contribution in [3.8, 4) is 0 Å². The van der Waals surface area contributed by atoms with Crippen LogP contribution in [0.4, 0.5) is 0 Å². The van der Waals surface area contributed by atoms with Gasteiger partial charge in [0.15, 0.2) is 5.17 Å². The zero-order chi connectivity index (χ0) is 13.0. The van der Waals surface area contributed by atoms with Crippen LogP contribution in [0.3, 0.4) is 0 Å². The molecule has 2 aliphatic rings. The summed E-state index contributed by atoms with van der Waals surface area (Å²) in [5, 5.41) is 4.71. The minimum absolute atomic E-state index is 0.485. The van der Waals surface area contributed by atoms with Crippen molar-refractivity contribution in [1.29, 1.82) is 0 Å². The maximum absolute atomic E-state index is 4.46. The summed E-state index contributed by atoms with van der Waals surface area (Å²) in [5.74, 6) is 1.13. The van der Waals surface area contributed by atoms with Gasteiger partial charge in [-0.3, -0.25) is 4.99 Å². The first kappa shape index (κ1) is 13.5. The van der Waals surface area contributed by atoms with Gasteiger partial charge < -0.3 is 5.32 Å². The number of thioether (sulfide) groups is 1. The van der Waals surface area contributed by atoms with Crippen LogP contribution in [0.2, 0.25) is 0 Å². The van der Waals surface area contributed by atoms with Crippen LogP contribution in [0, 0.1) is 6.92 Å². The summed E-state index contributed by atoms with van der Waals surface area (Å²) < 4.78 is 0. The van der Waals surface area contributed by atoms with Gasteiger partial charge in [0.05, 0.1) is 12.6 Å². The predicted molar refractivity (Wildman–Crippen MR) is 81.5 cm³/mol. The molecular weight excluding hydrogens is 240 g/mol. The number of benzene rings is 1. The Labute approximate surface area is 114 Å². The van der Waals surface area contributed by atoms with Crippen LogP contribution < -0.4 is 5.32 Å². The molecule has 0 saturated carbocycles. The number of fused-ring (bicyclic) bond motifs is 1. The fraction of sp³-hybridized carbons (Fsp3) is 0.533. The van der Waals surface area contributed by atoms with E-state index in [1.54, 1.807) is 5.56 Å². The number of hydrogen-bond acceptors (Lipinski definition) is 3. The molecule has 0 radical (unpaired) electrons. The summed E-state index contributed by atoms with van der Waals surface area (Å²) in [5.41, 5.74) is 4.46. The number of aliphatic imine (C=N–C) groups is 1. The highest BCUT2D eigenvalue weighted by molar-refractivity contribution is 8.14. The quantitative estimate of drug-likeness (QED) is 0.834. The van der Waals surface area contributed by atoms with Gasteiger partial charge in [-0.2, -0.15) is 0 Å². The van der Waals surface area contributed by atoms with E-state index >= 15 is 0 Å². The molecule has 1 heterocycles. The van der Waals surface area contributed by atoms with Crippen molar-refractivity contribution >= 4 is 16.9 Å². The van der Waals surface area contributed by atoms with Gasteiger partial charge in [-0.05, 0) is 36.5 Å². The summed E-state index contributed by atoms with van der Waals surface area (Å²) in [7, 11) is 0. The van der Waals surface area contributed by atoms with E-state index in [4.69, 9.17) is 0 Å². The molecule has 1 aromatic carbocycles. The highest BCUT2D eigenvalue weighted by Crippen LogP contribution is 2.33. The Balaban J connectivity index is 0.000000574. The molecular formula is C15H22N2S. The summed E-state index contributed by atoms with van der Waals surface area (Å²) in [4.78, 5) is 4.46. The van der Waals surface area contributed by atoms with E-state index in [1.807, 2.05) is 25.6 Å². The van der Waals surface area contributed by atoms with Crippen LogP contribution in [0.15, 0.2) is 23.2 Å². The largest absolute Gasteiger partial charge is 0.358 e. The Morgan fingerprint density at radius 2 is 2.17 bits per heavy atom. The number of hydrogen-bond donors (Lipinski definition) is 1. The molecule has 0 amide bonds. The summed E-state index contributed by atoms with van der Waals surface area (Å²) in [6, 6.07) is 7.12. The van der Waals surface area contributed by atoms with Crippen molar-refractivity contribution in [2.75, 3.05) is 12.3 Å². The lowest BCUT2D eigenvalue weighted by Gasteiger charge is -2.14. The SMILES string of the molecule is CC.Cc1cccc2c1CCC2NC1=NCCS1. The first-order valence-corrected chi connectivity index (χ1v) is 7.85. The third kappa shape index (κ3) is 2.72. The van der Waals surface area contributed by atoms with Gasteiger partial charge in [0.2, 0.25) is 0 Å². The van der Waals surface area contributed by atoms with E-state index in [2.05, 4.69) is 35.4 Å². The molecule has 1 atom stereocenters. The molecule has 0 spiro atoms. The fourth-order valence-electron chi connectivity index (χ4n) is 2.56. The van der Waals surface area contributed by atoms with E-state index in [-0.39, 0.29) is 0 Å². The van der Waals surface area contributed by atoms with Crippen molar-refractivity contribution in [1.82, 2.24) is 5.32 Å².